The van der Waals surface area contributed by atoms with Crippen LogP contribution in [0.15, 0.2) is 30.3 Å². The van der Waals surface area contributed by atoms with Crippen LogP contribution < -0.4 is 5.32 Å². The van der Waals surface area contributed by atoms with Crippen LogP contribution in [0.2, 0.25) is 0 Å². The van der Waals surface area contributed by atoms with Gasteiger partial charge in [-0.25, -0.2) is 4.79 Å². The van der Waals surface area contributed by atoms with E-state index >= 15 is 0 Å². The quantitative estimate of drug-likeness (QED) is 0.544. The Morgan fingerprint density at radius 3 is 2.24 bits per heavy atom. The average Bonchev–Trinajstić information content (AvgIpc) is 2.64. The maximum atomic E-state index is 13.1. The molecule has 1 N–H and O–H groups in total. The van der Waals surface area contributed by atoms with E-state index in [1.165, 1.54) is 7.11 Å². The SMILES string of the molecule is CCCCN(C(=O)/C=C/c1ccc(C(=O)OC)cc1)C1CC(C)(C)NC(C)(C)C1. The second-order valence-electron chi connectivity index (χ2n) is 9.29. The molecular formula is C24H36N2O3. The lowest BCUT2D eigenvalue weighted by Gasteiger charge is -2.49. The molecule has 0 aromatic heterocycles. The van der Waals surface area contributed by atoms with Crippen molar-refractivity contribution < 1.29 is 14.3 Å². The molecule has 1 amide bonds. The number of amides is 1. The number of carbonyl (C=O) groups excluding carboxylic acids is 2. The van der Waals surface area contributed by atoms with Crippen molar-refractivity contribution in [2.45, 2.75) is 77.4 Å². The van der Waals surface area contributed by atoms with Crippen molar-refractivity contribution in [3.63, 3.8) is 0 Å². The molecule has 1 aliphatic rings. The normalized spacial score (nSPS) is 18.6. The van der Waals surface area contributed by atoms with Gasteiger partial charge >= 0.3 is 5.97 Å². The number of hydrogen-bond acceptors (Lipinski definition) is 4. The van der Waals surface area contributed by atoms with Crippen molar-refractivity contribution >= 4 is 18.0 Å². The van der Waals surface area contributed by atoms with Crippen LogP contribution in [-0.4, -0.2) is 47.6 Å². The Kier molecular flexibility index (Phi) is 7.64. The highest BCUT2D eigenvalue weighted by molar-refractivity contribution is 5.92. The number of benzene rings is 1. The fourth-order valence-electron chi connectivity index (χ4n) is 4.40. The summed E-state index contributed by atoms with van der Waals surface area (Å²) in [6, 6.07) is 7.28. The third-order valence-electron chi connectivity index (χ3n) is 5.40. The van der Waals surface area contributed by atoms with Crippen LogP contribution >= 0.6 is 0 Å². The number of ether oxygens (including phenoxy) is 1. The Hall–Kier alpha value is -2.14. The summed E-state index contributed by atoms with van der Waals surface area (Å²) in [7, 11) is 1.36. The van der Waals surface area contributed by atoms with E-state index in [4.69, 9.17) is 4.74 Å². The number of unbranched alkanes of at least 4 members (excludes halogenated alkanes) is 1. The van der Waals surface area contributed by atoms with Crippen molar-refractivity contribution in [3.8, 4) is 0 Å². The number of hydrogen-bond donors (Lipinski definition) is 1. The Bertz CT molecular complexity index is 719. The summed E-state index contributed by atoms with van der Waals surface area (Å²) in [5.41, 5.74) is 1.36. The van der Waals surface area contributed by atoms with Crippen LogP contribution in [-0.2, 0) is 9.53 Å². The van der Waals surface area contributed by atoms with E-state index in [0.717, 1.165) is 37.8 Å². The lowest BCUT2D eigenvalue weighted by Crippen LogP contribution is -2.62. The fraction of sp³-hybridized carbons (Fsp3) is 0.583. The van der Waals surface area contributed by atoms with E-state index < -0.39 is 0 Å². The van der Waals surface area contributed by atoms with Crippen LogP contribution in [0.3, 0.4) is 0 Å². The molecule has 0 unspecified atom stereocenters. The number of carbonyl (C=O) groups is 2. The van der Waals surface area contributed by atoms with E-state index in [9.17, 15) is 9.59 Å². The van der Waals surface area contributed by atoms with Crippen molar-refractivity contribution in [1.82, 2.24) is 10.2 Å². The number of methoxy groups -OCH3 is 1. The minimum absolute atomic E-state index is 0.00933. The molecule has 0 atom stereocenters. The van der Waals surface area contributed by atoms with Gasteiger partial charge in [-0.2, -0.15) is 0 Å². The monoisotopic (exact) mass is 400 g/mol. The second-order valence-corrected chi connectivity index (χ2v) is 9.29. The molecule has 1 heterocycles. The summed E-state index contributed by atoms with van der Waals surface area (Å²) in [6.07, 6.45) is 7.41. The number of piperidine rings is 1. The Labute approximate surface area is 175 Å². The molecule has 1 saturated heterocycles. The highest BCUT2D eigenvalue weighted by Gasteiger charge is 2.40. The molecule has 0 spiro atoms. The number of nitrogens with one attached hydrogen (secondary N) is 1. The highest BCUT2D eigenvalue weighted by atomic mass is 16.5. The summed E-state index contributed by atoms with van der Waals surface area (Å²) in [4.78, 5) is 26.7. The van der Waals surface area contributed by atoms with Gasteiger partial charge < -0.3 is 15.0 Å². The van der Waals surface area contributed by atoms with E-state index in [1.54, 1.807) is 18.2 Å². The number of rotatable bonds is 7. The van der Waals surface area contributed by atoms with Gasteiger partial charge in [-0.05, 0) is 70.7 Å². The first-order valence-electron chi connectivity index (χ1n) is 10.5. The lowest BCUT2D eigenvalue weighted by atomic mass is 9.79. The molecule has 0 radical (unpaired) electrons. The van der Waals surface area contributed by atoms with Crippen LogP contribution in [0.25, 0.3) is 6.08 Å². The van der Waals surface area contributed by atoms with Crippen molar-refractivity contribution in [2.24, 2.45) is 0 Å². The molecule has 5 nitrogen and oxygen atoms in total. The second kappa shape index (κ2) is 9.57. The van der Waals surface area contributed by atoms with Gasteiger partial charge in [-0.3, -0.25) is 4.79 Å². The van der Waals surface area contributed by atoms with Crippen LogP contribution in [0.5, 0.6) is 0 Å². The third kappa shape index (κ3) is 6.70. The maximum Gasteiger partial charge on any atom is 0.337 e. The Morgan fingerprint density at radius 1 is 1.14 bits per heavy atom. The first-order valence-corrected chi connectivity index (χ1v) is 10.5. The third-order valence-corrected chi connectivity index (χ3v) is 5.40. The summed E-state index contributed by atoms with van der Waals surface area (Å²) < 4.78 is 4.72. The van der Waals surface area contributed by atoms with Gasteiger partial charge in [0.25, 0.3) is 0 Å². The van der Waals surface area contributed by atoms with Gasteiger partial charge in [-0.1, -0.05) is 25.5 Å². The molecule has 1 aliphatic heterocycles. The molecule has 0 saturated carbocycles. The molecular weight excluding hydrogens is 364 g/mol. The zero-order chi connectivity index (χ0) is 21.7. The van der Waals surface area contributed by atoms with Crippen molar-refractivity contribution in [1.29, 1.82) is 0 Å². The van der Waals surface area contributed by atoms with Crippen LogP contribution in [0.1, 0.15) is 76.2 Å². The zero-order valence-electron chi connectivity index (χ0n) is 18.7. The van der Waals surface area contributed by atoms with E-state index in [0.29, 0.717) is 5.56 Å². The summed E-state index contributed by atoms with van der Waals surface area (Å²) in [5.74, 6) is -0.313. The molecule has 5 heteroatoms. The van der Waals surface area contributed by atoms with E-state index in [1.807, 2.05) is 23.1 Å². The average molecular weight is 401 g/mol. The fourth-order valence-corrected chi connectivity index (χ4v) is 4.40. The lowest BCUT2D eigenvalue weighted by molar-refractivity contribution is -0.130. The predicted molar refractivity (Wildman–Crippen MR) is 118 cm³/mol. The number of esters is 1. The van der Waals surface area contributed by atoms with Gasteiger partial charge in [0.1, 0.15) is 0 Å². The first kappa shape index (κ1) is 23.1. The minimum Gasteiger partial charge on any atom is -0.465 e. The Morgan fingerprint density at radius 2 is 1.72 bits per heavy atom. The molecule has 2 rings (SSSR count). The molecule has 1 aromatic carbocycles. The number of nitrogens with zero attached hydrogens (tertiary/aromatic N) is 1. The van der Waals surface area contributed by atoms with Gasteiger partial charge in [0.15, 0.2) is 0 Å². The van der Waals surface area contributed by atoms with Crippen molar-refractivity contribution in [2.75, 3.05) is 13.7 Å². The van der Waals surface area contributed by atoms with Gasteiger partial charge in [0.05, 0.1) is 12.7 Å². The summed E-state index contributed by atoms with van der Waals surface area (Å²) in [6.45, 7) is 11.8. The van der Waals surface area contributed by atoms with E-state index in [2.05, 4.69) is 39.9 Å². The predicted octanol–water partition coefficient (Wildman–Crippen LogP) is 4.42. The van der Waals surface area contributed by atoms with Gasteiger partial charge in [0.2, 0.25) is 5.91 Å². The molecule has 160 valence electrons. The topological polar surface area (TPSA) is 58.6 Å². The summed E-state index contributed by atoms with van der Waals surface area (Å²) >= 11 is 0. The molecule has 29 heavy (non-hydrogen) atoms. The largest absolute Gasteiger partial charge is 0.465 e. The minimum atomic E-state index is -0.363. The maximum absolute atomic E-state index is 13.1. The molecule has 0 aliphatic carbocycles. The molecule has 1 aromatic rings. The van der Waals surface area contributed by atoms with Gasteiger partial charge in [0, 0.05) is 29.7 Å². The first-order chi connectivity index (χ1) is 13.6. The Balaban J connectivity index is 2.16. The molecule has 1 fully saturated rings. The van der Waals surface area contributed by atoms with Crippen molar-refractivity contribution in [3.05, 3.63) is 41.5 Å². The van der Waals surface area contributed by atoms with E-state index in [-0.39, 0.29) is 29.0 Å². The standard InChI is InChI=1S/C24H36N2O3/c1-7-8-15-26(20-16-23(2,3)25-24(4,5)17-20)21(27)14-11-18-9-12-19(13-10-18)22(28)29-6/h9-14,20,25H,7-8,15-17H2,1-6H3/b14-11+. The van der Waals surface area contributed by atoms with Crippen LogP contribution in [0, 0.1) is 0 Å². The zero-order valence-corrected chi connectivity index (χ0v) is 18.7. The summed E-state index contributed by atoms with van der Waals surface area (Å²) in [5, 5.41) is 3.70. The molecule has 0 bridgehead atoms. The smallest absolute Gasteiger partial charge is 0.337 e. The highest BCUT2D eigenvalue weighted by Crippen LogP contribution is 2.32. The van der Waals surface area contributed by atoms with Gasteiger partial charge in [-0.15, -0.1) is 0 Å². The van der Waals surface area contributed by atoms with Crippen LogP contribution in [0.4, 0.5) is 0 Å².